The fourth-order valence-electron chi connectivity index (χ4n) is 1.93. The van der Waals surface area contributed by atoms with Gasteiger partial charge in [-0.25, -0.2) is 4.98 Å². The summed E-state index contributed by atoms with van der Waals surface area (Å²) in [5.41, 5.74) is 1.29. The zero-order valence-corrected chi connectivity index (χ0v) is 11.9. The summed E-state index contributed by atoms with van der Waals surface area (Å²) in [5.74, 6) is 1.18. The van der Waals surface area contributed by atoms with Crippen molar-refractivity contribution in [2.75, 3.05) is 7.05 Å². The molecule has 0 amide bonds. The molecular formula is C13H24N2S. The van der Waals surface area contributed by atoms with Crippen molar-refractivity contribution in [3.8, 4) is 0 Å². The van der Waals surface area contributed by atoms with Crippen LogP contribution in [0.25, 0.3) is 0 Å². The molecule has 0 bridgehead atoms. The van der Waals surface area contributed by atoms with Gasteiger partial charge in [-0.15, -0.1) is 11.3 Å². The molecule has 1 aromatic heterocycles. The molecule has 0 aliphatic rings. The van der Waals surface area contributed by atoms with E-state index in [1.54, 1.807) is 0 Å². The molecular weight excluding hydrogens is 216 g/mol. The molecule has 0 aromatic carbocycles. The Morgan fingerprint density at radius 1 is 1.25 bits per heavy atom. The molecule has 0 saturated carbocycles. The van der Waals surface area contributed by atoms with Crippen LogP contribution in [0.4, 0.5) is 0 Å². The quantitative estimate of drug-likeness (QED) is 0.816. The first-order chi connectivity index (χ1) is 7.63. The summed E-state index contributed by atoms with van der Waals surface area (Å²) in [4.78, 5) is 6.26. The highest BCUT2D eigenvalue weighted by Crippen LogP contribution is 2.32. The lowest BCUT2D eigenvalue weighted by Gasteiger charge is -2.07. The number of thiazole rings is 1. The van der Waals surface area contributed by atoms with Crippen molar-refractivity contribution in [2.24, 2.45) is 0 Å². The van der Waals surface area contributed by atoms with Gasteiger partial charge in [0.2, 0.25) is 0 Å². The van der Waals surface area contributed by atoms with E-state index in [1.165, 1.54) is 28.4 Å². The molecule has 0 atom stereocenters. The summed E-state index contributed by atoms with van der Waals surface area (Å²) < 4.78 is 0. The van der Waals surface area contributed by atoms with E-state index in [0.717, 1.165) is 6.54 Å². The normalized spacial score (nSPS) is 11.7. The first-order valence-electron chi connectivity index (χ1n) is 6.28. The summed E-state index contributed by atoms with van der Waals surface area (Å²) in [7, 11) is 2.00. The smallest absolute Gasteiger partial charge is 0.0962 e. The molecule has 0 aliphatic carbocycles. The van der Waals surface area contributed by atoms with E-state index in [-0.39, 0.29) is 0 Å². The Balaban J connectivity index is 3.00. The second-order valence-electron chi connectivity index (χ2n) is 4.56. The number of nitrogens with one attached hydrogen (secondary N) is 1. The third kappa shape index (κ3) is 3.05. The fourth-order valence-corrected chi connectivity index (χ4v) is 3.43. The van der Waals surface area contributed by atoms with E-state index >= 15 is 0 Å². The van der Waals surface area contributed by atoms with Crippen LogP contribution in [0.3, 0.4) is 0 Å². The molecule has 1 heterocycles. The van der Waals surface area contributed by atoms with E-state index in [9.17, 15) is 0 Å². The van der Waals surface area contributed by atoms with Crippen LogP contribution in [-0.2, 0) is 6.54 Å². The van der Waals surface area contributed by atoms with Crippen LogP contribution in [0.1, 0.15) is 68.0 Å². The number of aromatic nitrogens is 1. The summed E-state index contributed by atoms with van der Waals surface area (Å²) >= 11 is 1.90. The third-order valence-corrected chi connectivity index (χ3v) is 4.20. The van der Waals surface area contributed by atoms with Gasteiger partial charge in [0.1, 0.15) is 0 Å². The molecule has 1 aromatic rings. The van der Waals surface area contributed by atoms with Crippen molar-refractivity contribution in [2.45, 2.75) is 58.9 Å². The van der Waals surface area contributed by atoms with Gasteiger partial charge in [0.05, 0.1) is 10.7 Å². The zero-order valence-electron chi connectivity index (χ0n) is 11.1. The van der Waals surface area contributed by atoms with Gasteiger partial charge in [-0.05, 0) is 25.8 Å². The maximum absolute atomic E-state index is 4.85. The third-order valence-electron chi connectivity index (χ3n) is 2.96. The van der Waals surface area contributed by atoms with E-state index in [0.29, 0.717) is 11.8 Å². The molecule has 1 N–H and O–H groups in total. The van der Waals surface area contributed by atoms with Crippen molar-refractivity contribution >= 4 is 11.3 Å². The Morgan fingerprint density at radius 2 is 1.88 bits per heavy atom. The molecule has 16 heavy (non-hydrogen) atoms. The molecule has 92 valence electrons. The van der Waals surface area contributed by atoms with Gasteiger partial charge in [0.25, 0.3) is 0 Å². The first kappa shape index (κ1) is 13.7. The molecule has 3 heteroatoms. The first-order valence-corrected chi connectivity index (χ1v) is 7.09. The van der Waals surface area contributed by atoms with Crippen molar-refractivity contribution < 1.29 is 0 Å². The summed E-state index contributed by atoms with van der Waals surface area (Å²) in [6, 6.07) is 0. The van der Waals surface area contributed by atoms with Crippen molar-refractivity contribution in [1.82, 2.24) is 10.3 Å². The number of rotatable bonds is 6. The highest BCUT2D eigenvalue weighted by molar-refractivity contribution is 7.11. The molecule has 0 fully saturated rings. The van der Waals surface area contributed by atoms with Gasteiger partial charge >= 0.3 is 0 Å². The molecule has 0 unspecified atom stereocenters. The maximum Gasteiger partial charge on any atom is 0.0962 e. The summed E-state index contributed by atoms with van der Waals surface area (Å²) in [6.45, 7) is 9.91. The molecule has 0 radical (unpaired) electrons. The van der Waals surface area contributed by atoms with E-state index in [4.69, 9.17) is 4.98 Å². The fraction of sp³-hybridized carbons (Fsp3) is 0.769. The van der Waals surface area contributed by atoms with Crippen LogP contribution in [0.15, 0.2) is 0 Å². The highest BCUT2D eigenvalue weighted by atomic mass is 32.1. The van der Waals surface area contributed by atoms with Crippen LogP contribution >= 0.6 is 11.3 Å². The van der Waals surface area contributed by atoms with Gasteiger partial charge < -0.3 is 5.32 Å². The average Bonchev–Trinajstić information content (AvgIpc) is 2.65. The van der Waals surface area contributed by atoms with E-state index in [2.05, 4.69) is 33.0 Å². The van der Waals surface area contributed by atoms with Crippen molar-refractivity contribution in [1.29, 1.82) is 0 Å². The minimum Gasteiger partial charge on any atom is -0.315 e. The maximum atomic E-state index is 4.85. The monoisotopic (exact) mass is 240 g/mol. The van der Waals surface area contributed by atoms with Gasteiger partial charge in [-0.1, -0.05) is 27.7 Å². The summed E-state index contributed by atoms with van der Waals surface area (Å²) in [5, 5.41) is 4.57. The van der Waals surface area contributed by atoms with Crippen LogP contribution in [0, 0.1) is 0 Å². The molecule has 0 spiro atoms. The van der Waals surface area contributed by atoms with E-state index in [1.807, 2.05) is 18.4 Å². The highest BCUT2D eigenvalue weighted by Gasteiger charge is 2.17. The number of hydrogen-bond acceptors (Lipinski definition) is 3. The van der Waals surface area contributed by atoms with Crippen molar-refractivity contribution in [3.63, 3.8) is 0 Å². The Bertz CT molecular complexity index is 314. The van der Waals surface area contributed by atoms with Crippen LogP contribution in [-0.4, -0.2) is 12.0 Å². The topological polar surface area (TPSA) is 24.9 Å². The molecule has 1 rings (SSSR count). The summed E-state index contributed by atoms with van der Waals surface area (Å²) in [6.07, 6.45) is 2.39. The van der Waals surface area contributed by atoms with E-state index < -0.39 is 0 Å². The number of hydrogen-bond donors (Lipinski definition) is 1. The second-order valence-corrected chi connectivity index (χ2v) is 5.67. The molecule has 2 nitrogen and oxygen atoms in total. The predicted octanol–water partition coefficient (Wildman–Crippen LogP) is 3.89. The van der Waals surface area contributed by atoms with Crippen LogP contribution in [0.2, 0.25) is 0 Å². The average molecular weight is 240 g/mol. The Kier molecular flexibility index (Phi) is 5.42. The predicted molar refractivity (Wildman–Crippen MR) is 72.3 cm³/mol. The minimum atomic E-state index is 0.530. The lowest BCUT2D eigenvalue weighted by molar-refractivity contribution is 0.632. The second kappa shape index (κ2) is 6.36. The number of nitrogens with zero attached hydrogens (tertiary/aromatic N) is 1. The largest absolute Gasteiger partial charge is 0.315 e. The van der Waals surface area contributed by atoms with Crippen LogP contribution < -0.4 is 5.32 Å². The standard InChI is InChI=1S/C13H24N2S/c1-6-10(7-2)13-15-12(9(3)4)11(16-13)8-14-5/h9-10,14H,6-8H2,1-5H3. The van der Waals surface area contributed by atoms with Gasteiger partial charge in [0.15, 0.2) is 0 Å². The molecule has 0 aliphatic heterocycles. The van der Waals surface area contributed by atoms with Crippen molar-refractivity contribution in [3.05, 3.63) is 15.6 Å². The Hall–Kier alpha value is -0.410. The van der Waals surface area contributed by atoms with Gasteiger partial charge in [-0.2, -0.15) is 0 Å². The minimum absolute atomic E-state index is 0.530. The van der Waals surface area contributed by atoms with Gasteiger partial charge in [0, 0.05) is 17.3 Å². The lowest BCUT2D eigenvalue weighted by Crippen LogP contribution is -2.06. The Labute approximate surface area is 103 Å². The van der Waals surface area contributed by atoms with Crippen LogP contribution in [0.5, 0.6) is 0 Å². The van der Waals surface area contributed by atoms with Gasteiger partial charge in [-0.3, -0.25) is 0 Å². The lowest BCUT2D eigenvalue weighted by atomic mass is 10.0. The molecule has 0 saturated heterocycles. The zero-order chi connectivity index (χ0) is 12.1. The SMILES string of the molecule is CCC(CC)c1nc(C(C)C)c(CNC)s1. The Morgan fingerprint density at radius 3 is 2.31 bits per heavy atom.